The van der Waals surface area contributed by atoms with E-state index in [4.69, 9.17) is 9.47 Å². The van der Waals surface area contributed by atoms with Gasteiger partial charge in [0, 0.05) is 23.5 Å². The highest BCUT2D eigenvalue weighted by Crippen LogP contribution is 2.29. The second kappa shape index (κ2) is 9.42. The van der Waals surface area contributed by atoms with Crippen LogP contribution in [0.2, 0.25) is 0 Å². The van der Waals surface area contributed by atoms with Crippen molar-refractivity contribution in [3.63, 3.8) is 0 Å². The van der Waals surface area contributed by atoms with E-state index in [9.17, 15) is 4.79 Å². The summed E-state index contributed by atoms with van der Waals surface area (Å²) in [5, 5.41) is 0.983. The van der Waals surface area contributed by atoms with Gasteiger partial charge in [0.25, 0.3) is 0 Å². The van der Waals surface area contributed by atoms with Gasteiger partial charge in [0.05, 0.1) is 32.8 Å². The third-order valence-corrected chi connectivity index (χ3v) is 4.70. The molecule has 0 radical (unpaired) electrons. The van der Waals surface area contributed by atoms with E-state index < -0.39 is 0 Å². The summed E-state index contributed by atoms with van der Waals surface area (Å²) in [5.74, 6) is 1.000. The van der Waals surface area contributed by atoms with Crippen LogP contribution < -0.4 is 14.4 Å². The highest BCUT2D eigenvalue weighted by Gasteiger charge is 2.15. The third kappa shape index (κ3) is 4.93. The van der Waals surface area contributed by atoms with Crippen LogP contribution in [0.25, 0.3) is 10.9 Å². The van der Waals surface area contributed by atoms with Gasteiger partial charge in [0.1, 0.15) is 11.5 Å². The summed E-state index contributed by atoms with van der Waals surface area (Å²) in [7, 11) is 4.26. The van der Waals surface area contributed by atoms with Crippen LogP contribution in [0.15, 0.2) is 48.7 Å². The number of rotatable bonds is 9. The second-order valence-corrected chi connectivity index (χ2v) is 7.32. The minimum Gasteiger partial charge on any atom is -0.494 e. The van der Waals surface area contributed by atoms with E-state index in [1.807, 2.05) is 36.5 Å². The van der Waals surface area contributed by atoms with Crippen LogP contribution in [0.5, 0.6) is 11.5 Å². The maximum Gasteiger partial charge on any atom is 0.343 e. The van der Waals surface area contributed by atoms with Crippen LogP contribution in [0, 0.1) is 0 Å². The van der Waals surface area contributed by atoms with Gasteiger partial charge in [-0.1, -0.05) is 19.4 Å². The predicted octanol–water partition coefficient (Wildman–Crippen LogP) is 3.25. The summed E-state index contributed by atoms with van der Waals surface area (Å²) in [6.45, 7) is 3.82. The maximum absolute atomic E-state index is 12.7. The minimum atomic E-state index is -0.363. The molecule has 3 rings (SSSR count). The lowest BCUT2D eigenvalue weighted by atomic mass is 10.1. The molecule has 1 heterocycles. The van der Waals surface area contributed by atoms with Gasteiger partial charge >= 0.3 is 5.97 Å². The molecule has 2 N–H and O–H groups in total. The van der Waals surface area contributed by atoms with Crippen LogP contribution in [0.4, 0.5) is 0 Å². The van der Waals surface area contributed by atoms with Gasteiger partial charge in [0.15, 0.2) is 0 Å². The Balaban J connectivity index is 1.74. The molecule has 0 aliphatic heterocycles. The number of ether oxygens (including phenoxy) is 2. The number of hydrogen-bond acceptors (Lipinski definition) is 3. The smallest absolute Gasteiger partial charge is 0.343 e. The van der Waals surface area contributed by atoms with E-state index in [2.05, 4.69) is 26.0 Å². The average molecular weight is 381 g/mol. The molecular formula is C23H29N2O3+. The molecule has 0 aliphatic carbocycles. The van der Waals surface area contributed by atoms with Crippen molar-refractivity contribution in [2.45, 2.75) is 26.2 Å². The van der Waals surface area contributed by atoms with Gasteiger partial charge in [0.2, 0.25) is 0 Å². The number of hydrogen-bond donors (Lipinski definition) is 2. The molecule has 0 bridgehead atoms. The number of unbranched alkanes of at least 4 members (excludes halogenated alkanes) is 1. The average Bonchev–Trinajstić information content (AvgIpc) is 3.11. The van der Waals surface area contributed by atoms with E-state index in [0.717, 1.165) is 42.5 Å². The summed E-state index contributed by atoms with van der Waals surface area (Å²) in [4.78, 5) is 17.3. The molecule has 0 unspecified atom stereocenters. The summed E-state index contributed by atoms with van der Waals surface area (Å²) >= 11 is 0. The van der Waals surface area contributed by atoms with Crippen molar-refractivity contribution in [1.29, 1.82) is 0 Å². The first-order chi connectivity index (χ1) is 13.6. The van der Waals surface area contributed by atoms with Gasteiger partial charge in [-0.2, -0.15) is 0 Å². The summed E-state index contributed by atoms with van der Waals surface area (Å²) in [6.07, 6.45) is 5.03. The predicted molar refractivity (Wildman–Crippen MR) is 111 cm³/mol. The lowest BCUT2D eigenvalue weighted by molar-refractivity contribution is -0.858. The fourth-order valence-electron chi connectivity index (χ4n) is 3.07. The number of carbonyl (C=O) groups is 1. The van der Waals surface area contributed by atoms with Gasteiger partial charge in [-0.3, -0.25) is 0 Å². The Hall–Kier alpha value is -2.79. The lowest BCUT2D eigenvalue weighted by Gasteiger charge is -2.10. The van der Waals surface area contributed by atoms with E-state index in [0.29, 0.717) is 17.9 Å². The van der Waals surface area contributed by atoms with E-state index in [-0.39, 0.29) is 5.97 Å². The molecular weight excluding hydrogens is 352 g/mol. The van der Waals surface area contributed by atoms with Gasteiger partial charge in [-0.25, -0.2) is 4.79 Å². The molecule has 0 spiro atoms. The number of aromatic amines is 1. The first-order valence-electron chi connectivity index (χ1n) is 9.91. The number of carbonyl (C=O) groups excluding carboxylic acids is 1. The number of aromatic nitrogens is 1. The lowest BCUT2D eigenvalue weighted by Crippen LogP contribution is -3.05. The van der Waals surface area contributed by atoms with Crippen molar-refractivity contribution >= 4 is 16.9 Å². The molecule has 5 heteroatoms. The minimum absolute atomic E-state index is 0.363. The molecule has 0 saturated heterocycles. The Bertz CT molecular complexity index is 913. The van der Waals surface area contributed by atoms with E-state index in [1.165, 1.54) is 10.5 Å². The zero-order valence-corrected chi connectivity index (χ0v) is 16.9. The summed E-state index contributed by atoms with van der Waals surface area (Å²) in [6, 6.07) is 12.9. The molecule has 1 aromatic heterocycles. The number of likely N-dealkylation sites (N-methyl/N-ethyl adjacent to an activating group) is 1. The van der Waals surface area contributed by atoms with Crippen molar-refractivity contribution in [3.8, 4) is 11.5 Å². The number of quaternary nitrogens is 1. The second-order valence-electron chi connectivity index (χ2n) is 7.32. The number of benzene rings is 2. The first kappa shape index (κ1) is 20.0. The van der Waals surface area contributed by atoms with Crippen LogP contribution in [0.3, 0.4) is 0 Å². The van der Waals surface area contributed by atoms with E-state index >= 15 is 0 Å². The zero-order chi connectivity index (χ0) is 19.9. The zero-order valence-electron chi connectivity index (χ0n) is 16.9. The third-order valence-electron chi connectivity index (χ3n) is 4.70. The SMILES string of the molecule is CCCCOc1ccc(C(=O)Oc2cccc3[nH]cc(CC[NH+](C)C)c23)cc1. The van der Waals surface area contributed by atoms with Crippen LogP contribution in [0.1, 0.15) is 35.7 Å². The Morgan fingerprint density at radius 2 is 1.89 bits per heavy atom. The topological polar surface area (TPSA) is 55.8 Å². The molecule has 0 amide bonds. The van der Waals surface area contributed by atoms with Gasteiger partial charge < -0.3 is 19.4 Å². The molecule has 28 heavy (non-hydrogen) atoms. The van der Waals surface area contributed by atoms with Crippen molar-refractivity contribution in [2.24, 2.45) is 0 Å². The summed E-state index contributed by atoms with van der Waals surface area (Å²) < 4.78 is 11.4. The Kier molecular flexibility index (Phi) is 6.71. The number of nitrogens with one attached hydrogen (secondary N) is 2. The standard InChI is InChI=1S/C23H28N2O3/c1-4-5-15-27-19-11-9-17(10-12-19)23(26)28-21-8-6-7-20-22(21)18(16-24-20)13-14-25(2)3/h6-12,16,24H,4-5,13-15H2,1-3H3/p+1. The van der Waals surface area contributed by atoms with E-state index in [1.54, 1.807) is 12.1 Å². The molecule has 5 nitrogen and oxygen atoms in total. The molecule has 3 aromatic rings. The first-order valence-corrected chi connectivity index (χ1v) is 9.91. The molecule has 0 saturated carbocycles. The fraction of sp³-hybridized carbons (Fsp3) is 0.348. The molecule has 0 aliphatic rings. The van der Waals surface area contributed by atoms with Gasteiger partial charge in [-0.15, -0.1) is 0 Å². The summed E-state index contributed by atoms with van der Waals surface area (Å²) in [5.41, 5.74) is 2.66. The fourth-order valence-corrected chi connectivity index (χ4v) is 3.07. The molecule has 0 atom stereocenters. The largest absolute Gasteiger partial charge is 0.494 e. The quantitative estimate of drug-likeness (QED) is 0.340. The van der Waals surface area contributed by atoms with Gasteiger partial charge in [-0.05, 0) is 48.4 Å². The van der Waals surface area contributed by atoms with Crippen molar-refractivity contribution in [3.05, 3.63) is 59.8 Å². The molecule has 148 valence electrons. The Morgan fingerprint density at radius 3 is 2.61 bits per heavy atom. The Labute approximate surface area is 166 Å². The molecule has 2 aromatic carbocycles. The Morgan fingerprint density at radius 1 is 1.11 bits per heavy atom. The van der Waals surface area contributed by atoms with Crippen LogP contribution in [-0.2, 0) is 6.42 Å². The monoisotopic (exact) mass is 381 g/mol. The highest BCUT2D eigenvalue weighted by molar-refractivity contribution is 5.96. The number of esters is 1. The number of fused-ring (bicyclic) bond motifs is 1. The number of H-pyrrole nitrogens is 1. The van der Waals surface area contributed by atoms with Crippen LogP contribution in [-0.4, -0.2) is 38.2 Å². The maximum atomic E-state index is 12.7. The van der Waals surface area contributed by atoms with Crippen LogP contribution >= 0.6 is 0 Å². The molecule has 0 fully saturated rings. The highest BCUT2D eigenvalue weighted by atomic mass is 16.5. The van der Waals surface area contributed by atoms with Crippen molar-refractivity contribution in [2.75, 3.05) is 27.2 Å². The normalized spacial score (nSPS) is 11.1. The van der Waals surface area contributed by atoms with Crippen molar-refractivity contribution < 1.29 is 19.2 Å². The van der Waals surface area contributed by atoms with Crippen molar-refractivity contribution in [1.82, 2.24) is 4.98 Å².